The molecule has 0 aromatic rings. The topological polar surface area (TPSA) is 46.2 Å². The van der Waals surface area contributed by atoms with Gasteiger partial charge in [-0.1, -0.05) is 6.42 Å². The summed E-state index contributed by atoms with van der Waals surface area (Å²) in [5.74, 6) is 0.244. The minimum atomic E-state index is -2.98. The van der Waals surface area contributed by atoms with Gasteiger partial charge in [-0.15, -0.1) is 0 Å². The Kier molecular flexibility index (Phi) is 5.35. The van der Waals surface area contributed by atoms with Crippen LogP contribution in [0.3, 0.4) is 0 Å². The van der Waals surface area contributed by atoms with Crippen LogP contribution in [0.1, 0.15) is 40.0 Å². The number of hydrogen-bond acceptors (Lipinski definition) is 4. The van der Waals surface area contributed by atoms with Crippen molar-refractivity contribution < 1.29 is 8.42 Å². The lowest BCUT2D eigenvalue weighted by atomic mass is 10.2. The predicted molar refractivity (Wildman–Crippen MR) is 76.5 cm³/mol. The van der Waals surface area contributed by atoms with Crippen LogP contribution in [-0.4, -0.2) is 43.0 Å². The lowest BCUT2D eigenvalue weighted by Gasteiger charge is -2.22. The molecule has 0 aromatic heterocycles. The average Bonchev–Trinajstić information content (AvgIpc) is 2.63. The second-order valence-corrected chi connectivity index (χ2v) is 9.64. The summed E-state index contributed by atoms with van der Waals surface area (Å²) in [5.41, 5.74) is 0. The van der Waals surface area contributed by atoms with Gasteiger partial charge in [0, 0.05) is 17.8 Å². The van der Waals surface area contributed by atoms with Gasteiger partial charge in [0.1, 0.15) is 0 Å². The highest BCUT2D eigenvalue weighted by Gasteiger charge is 2.30. The van der Waals surface area contributed by atoms with Crippen molar-refractivity contribution in [2.45, 2.75) is 56.1 Å². The van der Waals surface area contributed by atoms with Gasteiger partial charge in [-0.2, -0.15) is 11.8 Å². The monoisotopic (exact) mass is 279 g/mol. The van der Waals surface area contributed by atoms with E-state index in [1.165, 1.54) is 19.3 Å². The second kappa shape index (κ2) is 5.93. The quantitative estimate of drug-likeness (QED) is 0.837. The molecule has 1 N–H and O–H groups in total. The third-order valence-corrected chi connectivity index (χ3v) is 7.24. The van der Waals surface area contributed by atoms with Gasteiger partial charge in [-0.25, -0.2) is 8.42 Å². The number of rotatable bonds is 5. The number of hydrogen-bond donors (Lipinski definition) is 1. The van der Waals surface area contributed by atoms with Crippen LogP contribution >= 0.6 is 11.8 Å². The molecule has 2 atom stereocenters. The van der Waals surface area contributed by atoms with Crippen LogP contribution in [-0.2, 0) is 9.84 Å². The molecule has 1 fully saturated rings. The summed E-state index contributed by atoms with van der Waals surface area (Å²) >= 11 is 1.89. The zero-order valence-electron chi connectivity index (χ0n) is 11.3. The zero-order valence-corrected chi connectivity index (χ0v) is 13.0. The summed E-state index contributed by atoms with van der Waals surface area (Å²) in [6.07, 6.45) is 5.83. The van der Waals surface area contributed by atoms with Gasteiger partial charge in [0.2, 0.25) is 0 Å². The predicted octanol–water partition coefficient (Wildman–Crippen LogP) is 2.07. The first kappa shape index (κ1) is 15.3. The van der Waals surface area contributed by atoms with E-state index >= 15 is 0 Å². The lowest BCUT2D eigenvalue weighted by molar-refractivity contribution is 0.531. The van der Waals surface area contributed by atoms with Crippen LogP contribution in [0.2, 0.25) is 0 Å². The highest BCUT2D eigenvalue weighted by atomic mass is 32.2. The van der Waals surface area contributed by atoms with Crippen LogP contribution in [0.25, 0.3) is 0 Å². The summed E-state index contributed by atoms with van der Waals surface area (Å²) in [5, 5.41) is 4.07. The van der Waals surface area contributed by atoms with Crippen LogP contribution in [0.4, 0.5) is 0 Å². The van der Waals surface area contributed by atoms with Gasteiger partial charge in [-0.3, -0.25) is 0 Å². The fourth-order valence-electron chi connectivity index (χ4n) is 2.13. The Bertz CT molecular complexity index is 333. The molecule has 17 heavy (non-hydrogen) atoms. The van der Waals surface area contributed by atoms with Gasteiger partial charge in [0.05, 0.1) is 10.5 Å². The Hall–Kier alpha value is 0.260. The summed E-state index contributed by atoms with van der Waals surface area (Å²) in [4.78, 5) is 0. The largest absolute Gasteiger partial charge is 0.312 e. The summed E-state index contributed by atoms with van der Waals surface area (Å²) in [6, 6.07) is 0.500. The van der Waals surface area contributed by atoms with Crippen molar-refractivity contribution in [2.24, 2.45) is 0 Å². The minimum Gasteiger partial charge on any atom is -0.312 e. The maximum atomic E-state index is 11.9. The zero-order chi connectivity index (χ0) is 13.1. The highest BCUT2D eigenvalue weighted by Crippen LogP contribution is 2.28. The molecule has 1 saturated carbocycles. The maximum Gasteiger partial charge on any atom is 0.156 e. The Morgan fingerprint density at radius 1 is 1.29 bits per heavy atom. The molecule has 1 aliphatic carbocycles. The molecule has 0 heterocycles. The molecule has 5 heteroatoms. The standard InChI is InChI=1S/C12H25NO2S2/c1-12(2,3)17(14,15)9-8-13-10-6-5-7-11(10)16-4/h10-11,13H,5-9H2,1-4H3. The Labute approximate surface area is 110 Å². The molecular weight excluding hydrogens is 254 g/mol. The van der Waals surface area contributed by atoms with Crippen LogP contribution in [0.5, 0.6) is 0 Å². The van der Waals surface area contributed by atoms with Crippen molar-refractivity contribution in [3.05, 3.63) is 0 Å². The molecule has 0 aliphatic heterocycles. The molecule has 0 aromatic carbocycles. The van der Waals surface area contributed by atoms with Gasteiger partial charge in [-0.05, 0) is 39.9 Å². The third kappa shape index (κ3) is 4.14. The normalized spacial score (nSPS) is 26.4. The second-order valence-electron chi connectivity index (χ2n) is 5.70. The van der Waals surface area contributed by atoms with Crippen molar-refractivity contribution in [1.82, 2.24) is 5.32 Å². The summed E-state index contributed by atoms with van der Waals surface area (Å²) in [7, 11) is -2.98. The third-order valence-electron chi connectivity index (χ3n) is 3.47. The number of thioether (sulfide) groups is 1. The molecule has 2 unspecified atom stereocenters. The van der Waals surface area contributed by atoms with E-state index in [9.17, 15) is 8.42 Å². The molecular formula is C12H25NO2S2. The molecule has 0 spiro atoms. The fraction of sp³-hybridized carbons (Fsp3) is 1.00. The van der Waals surface area contributed by atoms with Gasteiger partial charge >= 0.3 is 0 Å². The Morgan fingerprint density at radius 3 is 2.47 bits per heavy atom. The van der Waals surface area contributed by atoms with E-state index in [4.69, 9.17) is 0 Å². The van der Waals surface area contributed by atoms with Gasteiger partial charge < -0.3 is 5.32 Å². The van der Waals surface area contributed by atoms with Crippen LogP contribution < -0.4 is 5.32 Å². The van der Waals surface area contributed by atoms with Crippen LogP contribution in [0, 0.1) is 0 Å². The first-order valence-corrected chi connectivity index (χ1v) is 9.20. The van der Waals surface area contributed by atoms with E-state index in [0.29, 0.717) is 17.8 Å². The van der Waals surface area contributed by atoms with E-state index in [1.807, 2.05) is 11.8 Å². The van der Waals surface area contributed by atoms with Crippen molar-refractivity contribution in [1.29, 1.82) is 0 Å². The molecule has 1 rings (SSSR count). The summed E-state index contributed by atoms with van der Waals surface area (Å²) in [6.45, 7) is 5.88. The smallest absolute Gasteiger partial charge is 0.156 e. The van der Waals surface area contributed by atoms with Crippen molar-refractivity contribution in [2.75, 3.05) is 18.6 Å². The van der Waals surface area contributed by atoms with Crippen molar-refractivity contribution in [3.63, 3.8) is 0 Å². The van der Waals surface area contributed by atoms with E-state index in [1.54, 1.807) is 20.8 Å². The molecule has 102 valence electrons. The minimum absolute atomic E-state index is 0.244. The van der Waals surface area contributed by atoms with E-state index in [-0.39, 0.29) is 5.75 Å². The van der Waals surface area contributed by atoms with Gasteiger partial charge in [0.25, 0.3) is 0 Å². The fourth-order valence-corrected chi connectivity index (χ4v) is 4.09. The average molecular weight is 279 g/mol. The highest BCUT2D eigenvalue weighted by molar-refractivity contribution is 7.99. The van der Waals surface area contributed by atoms with E-state index in [2.05, 4.69) is 11.6 Å². The first-order valence-electron chi connectivity index (χ1n) is 6.26. The van der Waals surface area contributed by atoms with E-state index < -0.39 is 14.6 Å². The number of sulfone groups is 1. The SMILES string of the molecule is CSC1CCCC1NCCS(=O)(=O)C(C)(C)C. The summed E-state index contributed by atoms with van der Waals surface area (Å²) < 4.78 is 23.2. The van der Waals surface area contributed by atoms with E-state index in [0.717, 1.165) is 0 Å². The van der Waals surface area contributed by atoms with Gasteiger partial charge in [0.15, 0.2) is 9.84 Å². The molecule has 1 aliphatic rings. The number of nitrogens with one attached hydrogen (secondary N) is 1. The molecule has 0 amide bonds. The molecule has 0 bridgehead atoms. The Morgan fingerprint density at radius 2 is 1.94 bits per heavy atom. The van der Waals surface area contributed by atoms with Crippen molar-refractivity contribution >= 4 is 21.6 Å². The molecule has 0 saturated heterocycles. The van der Waals surface area contributed by atoms with Crippen molar-refractivity contribution in [3.8, 4) is 0 Å². The van der Waals surface area contributed by atoms with Crippen LogP contribution in [0.15, 0.2) is 0 Å². The lowest BCUT2D eigenvalue weighted by Crippen LogP contribution is -2.40. The molecule has 0 radical (unpaired) electrons. The molecule has 3 nitrogen and oxygen atoms in total. The first-order chi connectivity index (χ1) is 7.78. The Balaban J connectivity index is 2.38. The maximum absolute atomic E-state index is 11.9.